The molecular weight excluding hydrogens is 372 g/mol. The van der Waals surface area contributed by atoms with E-state index in [0.29, 0.717) is 17.2 Å². The quantitative estimate of drug-likeness (QED) is 0.674. The summed E-state index contributed by atoms with van der Waals surface area (Å²) in [5.74, 6) is -0.220. The van der Waals surface area contributed by atoms with E-state index in [4.69, 9.17) is 10.5 Å². The van der Waals surface area contributed by atoms with Crippen LogP contribution in [0.15, 0.2) is 33.9 Å². The monoisotopic (exact) mass is 396 g/mol. The number of nitrogens with two attached hydrogens (primary N) is 1. The van der Waals surface area contributed by atoms with Crippen molar-refractivity contribution in [2.45, 2.75) is 38.0 Å². The first-order chi connectivity index (χ1) is 12.5. The second kappa shape index (κ2) is 9.16. The number of halogens is 1. The molecule has 0 radical (unpaired) electrons. The van der Waals surface area contributed by atoms with Gasteiger partial charge in [-0.1, -0.05) is 12.1 Å². The SMILES string of the molecule is CO[C@H]1C[C@@H](C(=O)NCCn2[nH]c(=O)c3ccccc3c2=O)CC[C@@H]1N.Cl. The number of hydrogen-bond acceptors (Lipinski definition) is 5. The minimum atomic E-state index is -0.323. The van der Waals surface area contributed by atoms with E-state index >= 15 is 0 Å². The van der Waals surface area contributed by atoms with E-state index in [0.717, 1.165) is 12.8 Å². The minimum absolute atomic E-state index is 0. The summed E-state index contributed by atoms with van der Waals surface area (Å²) in [4.78, 5) is 36.8. The van der Waals surface area contributed by atoms with Crippen molar-refractivity contribution in [3.05, 3.63) is 45.0 Å². The fourth-order valence-corrected chi connectivity index (χ4v) is 3.50. The number of rotatable bonds is 5. The van der Waals surface area contributed by atoms with Gasteiger partial charge in [-0.25, -0.2) is 4.68 Å². The average Bonchev–Trinajstić information content (AvgIpc) is 2.66. The molecule has 0 bridgehead atoms. The molecule has 1 saturated carbocycles. The van der Waals surface area contributed by atoms with Crippen LogP contribution in [0.1, 0.15) is 19.3 Å². The molecule has 1 aromatic carbocycles. The maximum absolute atomic E-state index is 12.4. The maximum atomic E-state index is 12.4. The van der Waals surface area contributed by atoms with Crippen molar-refractivity contribution < 1.29 is 9.53 Å². The van der Waals surface area contributed by atoms with E-state index in [9.17, 15) is 14.4 Å². The Labute approximate surface area is 162 Å². The predicted molar refractivity (Wildman–Crippen MR) is 105 cm³/mol. The summed E-state index contributed by atoms with van der Waals surface area (Å²) in [5, 5.41) is 6.12. The first kappa shape index (κ1) is 21.1. The molecular formula is C18H25ClN4O4. The number of nitrogens with zero attached hydrogens (tertiary/aromatic N) is 1. The number of methoxy groups -OCH3 is 1. The van der Waals surface area contributed by atoms with Gasteiger partial charge in [0.1, 0.15) is 0 Å². The van der Waals surface area contributed by atoms with Crippen LogP contribution in [-0.4, -0.2) is 41.5 Å². The average molecular weight is 397 g/mol. The largest absolute Gasteiger partial charge is 0.380 e. The molecule has 3 atom stereocenters. The summed E-state index contributed by atoms with van der Waals surface area (Å²) in [5.41, 5.74) is 5.37. The molecule has 0 saturated heterocycles. The molecule has 27 heavy (non-hydrogen) atoms. The zero-order chi connectivity index (χ0) is 18.7. The number of nitrogens with one attached hydrogen (secondary N) is 2. The van der Waals surface area contributed by atoms with E-state index in [2.05, 4.69) is 10.4 Å². The number of hydrogen-bond donors (Lipinski definition) is 3. The molecule has 1 amide bonds. The smallest absolute Gasteiger partial charge is 0.273 e. The number of aromatic nitrogens is 2. The Morgan fingerprint density at radius 2 is 2.00 bits per heavy atom. The fourth-order valence-electron chi connectivity index (χ4n) is 3.50. The van der Waals surface area contributed by atoms with Gasteiger partial charge in [0.2, 0.25) is 5.91 Å². The van der Waals surface area contributed by atoms with E-state index in [1.165, 1.54) is 4.68 Å². The van der Waals surface area contributed by atoms with E-state index in [1.54, 1.807) is 31.4 Å². The molecule has 1 fully saturated rings. The molecule has 8 nitrogen and oxygen atoms in total. The van der Waals surface area contributed by atoms with Crippen molar-refractivity contribution in [2.75, 3.05) is 13.7 Å². The summed E-state index contributed by atoms with van der Waals surface area (Å²) in [6, 6.07) is 6.63. The van der Waals surface area contributed by atoms with Gasteiger partial charge in [0.25, 0.3) is 11.1 Å². The summed E-state index contributed by atoms with van der Waals surface area (Å²) in [6.07, 6.45) is 1.95. The number of H-pyrrole nitrogens is 1. The Bertz CT molecular complexity index is 910. The predicted octanol–water partition coefficient (Wildman–Crippen LogP) is 0.370. The number of carbonyl (C=O) groups is 1. The normalized spacial score (nSPS) is 22.2. The Hall–Kier alpha value is -2.16. The lowest BCUT2D eigenvalue weighted by atomic mass is 9.83. The third kappa shape index (κ3) is 4.58. The molecule has 9 heteroatoms. The van der Waals surface area contributed by atoms with Crippen LogP contribution in [0.4, 0.5) is 0 Å². The van der Waals surface area contributed by atoms with Crippen LogP contribution in [0.5, 0.6) is 0 Å². The Morgan fingerprint density at radius 3 is 2.70 bits per heavy atom. The highest BCUT2D eigenvalue weighted by molar-refractivity contribution is 5.85. The molecule has 1 heterocycles. The van der Waals surface area contributed by atoms with Crippen molar-refractivity contribution in [3.8, 4) is 0 Å². The zero-order valence-electron chi connectivity index (χ0n) is 15.1. The number of carbonyl (C=O) groups excluding carboxylic acids is 1. The van der Waals surface area contributed by atoms with Crippen molar-refractivity contribution in [3.63, 3.8) is 0 Å². The summed E-state index contributed by atoms with van der Waals surface area (Å²) < 4.78 is 6.57. The number of ether oxygens (including phenoxy) is 1. The van der Waals surface area contributed by atoms with Crippen LogP contribution in [0, 0.1) is 5.92 Å². The molecule has 1 aliphatic rings. The molecule has 0 spiro atoms. The summed E-state index contributed by atoms with van der Waals surface area (Å²) in [6.45, 7) is 0.456. The van der Waals surface area contributed by atoms with Crippen molar-refractivity contribution in [1.29, 1.82) is 0 Å². The van der Waals surface area contributed by atoms with Gasteiger partial charge in [-0.3, -0.25) is 19.5 Å². The lowest BCUT2D eigenvalue weighted by Gasteiger charge is -2.32. The minimum Gasteiger partial charge on any atom is -0.380 e. The van der Waals surface area contributed by atoms with E-state index < -0.39 is 0 Å². The zero-order valence-corrected chi connectivity index (χ0v) is 16.0. The highest BCUT2D eigenvalue weighted by atomic mass is 35.5. The summed E-state index contributed by atoms with van der Waals surface area (Å²) >= 11 is 0. The van der Waals surface area contributed by atoms with Crippen LogP contribution in [-0.2, 0) is 16.1 Å². The van der Waals surface area contributed by atoms with Crippen molar-refractivity contribution >= 4 is 29.1 Å². The topological polar surface area (TPSA) is 119 Å². The van der Waals surface area contributed by atoms with Gasteiger partial charge in [-0.05, 0) is 31.4 Å². The third-order valence-corrected chi connectivity index (χ3v) is 5.03. The van der Waals surface area contributed by atoms with Crippen LogP contribution in [0.25, 0.3) is 10.8 Å². The lowest BCUT2D eigenvalue weighted by Crippen LogP contribution is -2.46. The van der Waals surface area contributed by atoms with Gasteiger partial charge in [0.15, 0.2) is 0 Å². The number of amides is 1. The molecule has 1 aromatic heterocycles. The first-order valence-electron chi connectivity index (χ1n) is 8.79. The van der Waals surface area contributed by atoms with Crippen molar-refractivity contribution in [1.82, 2.24) is 15.1 Å². The van der Waals surface area contributed by atoms with Crippen LogP contribution in [0.2, 0.25) is 0 Å². The van der Waals surface area contributed by atoms with Gasteiger partial charge in [0.05, 0.1) is 23.4 Å². The number of aromatic amines is 1. The molecule has 148 valence electrons. The second-order valence-electron chi connectivity index (χ2n) is 6.68. The first-order valence-corrected chi connectivity index (χ1v) is 8.79. The Morgan fingerprint density at radius 1 is 1.30 bits per heavy atom. The maximum Gasteiger partial charge on any atom is 0.273 e. The van der Waals surface area contributed by atoms with E-state index in [1.807, 2.05) is 0 Å². The molecule has 0 aliphatic heterocycles. The lowest BCUT2D eigenvalue weighted by molar-refractivity contribution is -0.127. The molecule has 4 N–H and O–H groups in total. The molecule has 2 aromatic rings. The molecule has 0 unspecified atom stereocenters. The van der Waals surface area contributed by atoms with Gasteiger partial charge >= 0.3 is 0 Å². The molecule has 1 aliphatic carbocycles. The number of fused-ring (bicyclic) bond motifs is 1. The third-order valence-electron chi connectivity index (χ3n) is 5.03. The van der Waals surface area contributed by atoms with Gasteiger partial charge in [-0.15, -0.1) is 12.4 Å². The highest BCUT2D eigenvalue weighted by Gasteiger charge is 2.31. The van der Waals surface area contributed by atoms with Crippen LogP contribution in [0.3, 0.4) is 0 Å². The second-order valence-corrected chi connectivity index (χ2v) is 6.68. The highest BCUT2D eigenvalue weighted by Crippen LogP contribution is 2.25. The Kier molecular flexibility index (Phi) is 7.18. The number of benzene rings is 1. The van der Waals surface area contributed by atoms with Gasteiger partial charge in [0, 0.05) is 25.6 Å². The fraction of sp³-hybridized carbons (Fsp3) is 0.500. The standard InChI is InChI=1S/C18H24N4O4.ClH/c1-26-15-10-11(6-7-14(15)19)16(23)20-8-9-22-18(25)13-5-3-2-4-12(13)17(24)21-22;/h2-5,11,14-15H,6-10,19H2,1H3,(H,20,23)(H,21,24);1H/t11-,14-,15-;/m0./s1. The van der Waals surface area contributed by atoms with Gasteiger partial charge in [-0.2, -0.15) is 0 Å². The summed E-state index contributed by atoms with van der Waals surface area (Å²) in [7, 11) is 1.60. The van der Waals surface area contributed by atoms with Crippen LogP contribution < -0.4 is 22.2 Å². The molecule has 3 rings (SSSR count). The van der Waals surface area contributed by atoms with Crippen LogP contribution >= 0.6 is 12.4 Å². The van der Waals surface area contributed by atoms with Crippen molar-refractivity contribution in [2.24, 2.45) is 11.7 Å². The van der Waals surface area contributed by atoms with E-state index in [-0.39, 0.29) is 60.6 Å². The Balaban J connectivity index is 0.00000261. The van der Waals surface area contributed by atoms with Gasteiger partial charge < -0.3 is 15.8 Å².